The van der Waals surface area contributed by atoms with E-state index < -0.39 is 23.2 Å². The van der Waals surface area contributed by atoms with Crippen molar-refractivity contribution in [2.45, 2.75) is 13.0 Å². The number of carbonyl (C=O) groups excluding carboxylic acids is 1. The van der Waals surface area contributed by atoms with Crippen molar-refractivity contribution in [2.24, 2.45) is 0 Å². The lowest BCUT2D eigenvalue weighted by atomic mass is 10.3. The predicted molar refractivity (Wildman–Crippen MR) is 59.9 cm³/mol. The van der Waals surface area contributed by atoms with E-state index in [1.54, 1.807) is 6.92 Å². The molecule has 0 spiro atoms. The molecule has 2 aromatic rings. The topological polar surface area (TPSA) is 136 Å². The smallest absolute Gasteiger partial charge is 0.326 e. The minimum absolute atomic E-state index is 0.116. The first-order valence-corrected chi connectivity index (χ1v) is 5.06. The van der Waals surface area contributed by atoms with Crippen LogP contribution >= 0.6 is 0 Å². The predicted octanol–water partition coefficient (Wildman–Crippen LogP) is -1.33. The fourth-order valence-electron chi connectivity index (χ4n) is 1.36. The highest BCUT2D eigenvalue weighted by Gasteiger charge is 2.14. The van der Waals surface area contributed by atoms with Gasteiger partial charge < -0.3 is 10.3 Å². The Labute approximate surface area is 99.7 Å². The van der Waals surface area contributed by atoms with Crippen LogP contribution in [0.2, 0.25) is 0 Å². The van der Waals surface area contributed by atoms with Crippen molar-refractivity contribution in [3.05, 3.63) is 44.8 Å². The van der Waals surface area contributed by atoms with E-state index in [4.69, 9.17) is 0 Å². The Kier molecular flexibility index (Phi) is 3.04. The minimum Gasteiger partial charge on any atom is -0.341 e. The van der Waals surface area contributed by atoms with Gasteiger partial charge in [0, 0.05) is 6.07 Å². The number of hydrogen-bond donors (Lipinski definition) is 4. The lowest BCUT2D eigenvalue weighted by molar-refractivity contribution is 0.0932. The van der Waals surface area contributed by atoms with E-state index in [2.05, 4.69) is 25.5 Å². The van der Waals surface area contributed by atoms with Gasteiger partial charge in [-0.25, -0.2) is 9.78 Å². The molecule has 0 aromatic carbocycles. The van der Waals surface area contributed by atoms with E-state index in [1.165, 1.54) is 6.33 Å². The third-order valence-corrected chi connectivity index (χ3v) is 2.20. The molecule has 4 N–H and O–H groups in total. The Morgan fingerprint density at radius 3 is 2.78 bits per heavy atom. The van der Waals surface area contributed by atoms with Crippen molar-refractivity contribution in [1.82, 2.24) is 30.5 Å². The molecular formula is C9H10N6O3. The first-order chi connectivity index (χ1) is 8.56. The average molecular weight is 250 g/mol. The molecule has 0 radical (unpaired) electrons. The Bertz CT molecular complexity index is 627. The number of aromatic nitrogens is 5. The molecule has 0 bridgehead atoms. The molecule has 0 aliphatic rings. The molecule has 1 unspecified atom stereocenters. The third-order valence-electron chi connectivity index (χ3n) is 2.20. The highest BCUT2D eigenvalue weighted by molar-refractivity contribution is 5.92. The maximum atomic E-state index is 11.8. The van der Waals surface area contributed by atoms with Crippen LogP contribution in [0.1, 0.15) is 29.3 Å². The molecule has 0 saturated heterocycles. The number of aromatic amines is 3. The van der Waals surface area contributed by atoms with Crippen LogP contribution in [0, 0.1) is 0 Å². The zero-order chi connectivity index (χ0) is 13.1. The lowest BCUT2D eigenvalue weighted by Crippen LogP contribution is -2.32. The van der Waals surface area contributed by atoms with Crippen molar-refractivity contribution >= 4 is 5.91 Å². The van der Waals surface area contributed by atoms with Gasteiger partial charge >= 0.3 is 5.69 Å². The van der Waals surface area contributed by atoms with Crippen LogP contribution in [-0.4, -0.2) is 31.1 Å². The Balaban J connectivity index is 2.17. The van der Waals surface area contributed by atoms with Crippen LogP contribution in [0.15, 0.2) is 22.0 Å². The van der Waals surface area contributed by atoms with Gasteiger partial charge in [0.25, 0.3) is 11.5 Å². The van der Waals surface area contributed by atoms with Crippen LogP contribution in [-0.2, 0) is 0 Å². The number of nitrogens with one attached hydrogen (secondary N) is 4. The SMILES string of the molecule is CC(NC(=O)c1cc(=O)[nH]c(=O)[nH]1)c1ncn[nH]1. The quantitative estimate of drug-likeness (QED) is 0.535. The van der Waals surface area contributed by atoms with Gasteiger partial charge in [-0.1, -0.05) is 0 Å². The molecule has 9 heteroatoms. The van der Waals surface area contributed by atoms with Crippen LogP contribution < -0.4 is 16.6 Å². The summed E-state index contributed by atoms with van der Waals surface area (Å²) >= 11 is 0. The monoisotopic (exact) mass is 250 g/mol. The van der Waals surface area contributed by atoms with Crippen molar-refractivity contribution in [1.29, 1.82) is 0 Å². The molecular weight excluding hydrogens is 240 g/mol. The van der Waals surface area contributed by atoms with Gasteiger partial charge in [-0.05, 0) is 6.92 Å². The summed E-state index contributed by atoms with van der Waals surface area (Å²) in [6.45, 7) is 1.68. The molecule has 94 valence electrons. The largest absolute Gasteiger partial charge is 0.341 e. The molecule has 9 nitrogen and oxygen atoms in total. The van der Waals surface area contributed by atoms with Gasteiger partial charge in [0.05, 0.1) is 6.04 Å². The summed E-state index contributed by atoms with van der Waals surface area (Å²) in [5.74, 6) is -0.113. The van der Waals surface area contributed by atoms with Gasteiger partial charge in [0.15, 0.2) is 0 Å². The molecule has 2 heterocycles. The zero-order valence-corrected chi connectivity index (χ0v) is 9.35. The summed E-state index contributed by atoms with van der Waals surface area (Å²) in [7, 11) is 0. The van der Waals surface area contributed by atoms with E-state index in [9.17, 15) is 14.4 Å². The number of carbonyl (C=O) groups is 1. The van der Waals surface area contributed by atoms with Crippen LogP contribution in [0.5, 0.6) is 0 Å². The summed E-state index contributed by atoms with van der Waals surface area (Å²) in [6.07, 6.45) is 1.31. The van der Waals surface area contributed by atoms with Gasteiger partial charge in [-0.15, -0.1) is 0 Å². The number of hydrogen-bond acceptors (Lipinski definition) is 5. The summed E-state index contributed by atoms with van der Waals surface area (Å²) < 4.78 is 0. The number of H-pyrrole nitrogens is 3. The van der Waals surface area contributed by atoms with Crippen molar-refractivity contribution in [3.8, 4) is 0 Å². The highest BCUT2D eigenvalue weighted by atomic mass is 16.2. The van der Waals surface area contributed by atoms with E-state index >= 15 is 0 Å². The number of nitrogens with zero attached hydrogens (tertiary/aromatic N) is 2. The summed E-state index contributed by atoms with van der Waals surface area (Å²) in [5.41, 5.74) is -1.49. The standard InChI is InChI=1S/C9H10N6O3/c1-4(7-10-3-11-15-7)12-8(17)5-2-6(16)14-9(18)13-5/h2-4H,1H3,(H,12,17)(H,10,11,15)(H2,13,14,16,18). The molecule has 0 fully saturated rings. The van der Waals surface area contributed by atoms with Crippen molar-refractivity contribution in [3.63, 3.8) is 0 Å². The molecule has 2 aromatic heterocycles. The van der Waals surface area contributed by atoms with Gasteiger partial charge in [-0.3, -0.25) is 19.7 Å². The average Bonchev–Trinajstić information content (AvgIpc) is 2.80. The molecule has 2 rings (SSSR count). The molecule has 0 saturated carbocycles. The molecule has 0 aliphatic heterocycles. The van der Waals surface area contributed by atoms with E-state index in [-0.39, 0.29) is 5.69 Å². The van der Waals surface area contributed by atoms with Gasteiger partial charge in [-0.2, -0.15) is 5.10 Å². The number of amides is 1. The molecule has 1 atom stereocenters. The van der Waals surface area contributed by atoms with Gasteiger partial charge in [0.2, 0.25) is 0 Å². The van der Waals surface area contributed by atoms with E-state index in [0.29, 0.717) is 5.82 Å². The zero-order valence-electron chi connectivity index (χ0n) is 9.35. The van der Waals surface area contributed by atoms with Gasteiger partial charge in [0.1, 0.15) is 17.8 Å². The fraction of sp³-hybridized carbons (Fsp3) is 0.222. The van der Waals surface area contributed by atoms with Crippen molar-refractivity contribution < 1.29 is 4.79 Å². The summed E-state index contributed by atoms with van der Waals surface area (Å²) in [4.78, 5) is 41.9. The minimum atomic E-state index is -0.736. The van der Waals surface area contributed by atoms with Crippen LogP contribution in [0.25, 0.3) is 0 Å². The second kappa shape index (κ2) is 4.65. The highest BCUT2D eigenvalue weighted by Crippen LogP contribution is 2.04. The Hall–Kier alpha value is -2.71. The summed E-state index contributed by atoms with van der Waals surface area (Å²) in [6, 6.07) is 0.576. The molecule has 0 aliphatic carbocycles. The fourth-order valence-corrected chi connectivity index (χ4v) is 1.36. The number of rotatable bonds is 3. The Morgan fingerprint density at radius 1 is 1.39 bits per heavy atom. The lowest BCUT2D eigenvalue weighted by Gasteiger charge is -2.10. The molecule has 18 heavy (non-hydrogen) atoms. The maximum Gasteiger partial charge on any atom is 0.326 e. The van der Waals surface area contributed by atoms with Crippen LogP contribution in [0.4, 0.5) is 0 Å². The Morgan fingerprint density at radius 2 is 2.17 bits per heavy atom. The second-order valence-corrected chi connectivity index (χ2v) is 3.57. The summed E-state index contributed by atoms with van der Waals surface area (Å²) in [5, 5.41) is 8.81. The third kappa shape index (κ3) is 2.51. The van der Waals surface area contributed by atoms with E-state index in [0.717, 1.165) is 6.07 Å². The maximum absolute atomic E-state index is 11.8. The molecule has 1 amide bonds. The van der Waals surface area contributed by atoms with Crippen LogP contribution in [0.3, 0.4) is 0 Å². The van der Waals surface area contributed by atoms with E-state index in [1.807, 2.05) is 4.98 Å². The first kappa shape index (κ1) is 11.8. The first-order valence-electron chi connectivity index (χ1n) is 5.06. The second-order valence-electron chi connectivity index (χ2n) is 3.57. The van der Waals surface area contributed by atoms with Crippen molar-refractivity contribution in [2.75, 3.05) is 0 Å². The normalized spacial score (nSPS) is 12.1.